The van der Waals surface area contributed by atoms with E-state index in [4.69, 9.17) is 14.9 Å². The Kier molecular flexibility index (Phi) is 3.93. The van der Waals surface area contributed by atoms with E-state index in [1.807, 2.05) is 61.5 Å². The van der Waals surface area contributed by atoms with Crippen molar-refractivity contribution in [2.45, 2.75) is 31.5 Å². The molecule has 5 heteroatoms. The Morgan fingerprint density at radius 2 is 1.88 bits per heavy atom. The van der Waals surface area contributed by atoms with Crippen molar-refractivity contribution >= 4 is 16.9 Å². The van der Waals surface area contributed by atoms with Gasteiger partial charge in [-0.3, -0.25) is 10.1 Å². The van der Waals surface area contributed by atoms with Gasteiger partial charge in [0.1, 0.15) is 17.7 Å². The second-order valence-electron chi connectivity index (χ2n) is 6.39. The Hall–Kier alpha value is -2.79. The fraction of sp³-hybridized carbons (Fsp3) is 0.250. The first-order chi connectivity index (χ1) is 12.1. The molecule has 2 aromatic carbocycles. The summed E-state index contributed by atoms with van der Waals surface area (Å²) in [6, 6.07) is 17.1. The SMILES string of the molecule is C[C@@H](c1ccccc1)C1Oc2c(oc3ccccc23)CNC1C(N)=O. The van der Waals surface area contributed by atoms with Crippen molar-refractivity contribution in [3.63, 3.8) is 0 Å². The number of benzene rings is 2. The molecule has 4 rings (SSSR count). The molecule has 1 aliphatic heterocycles. The maximum atomic E-state index is 12.0. The molecule has 2 unspecified atom stereocenters. The molecule has 0 saturated heterocycles. The van der Waals surface area contributed by atoms with Gasteiger partial charge in [-0.1, -0.05) is 49.4 Å². The van der Waals surface area contributed by atoms with Crippen LogP contribution < -0.4 is 15.8 Å². The molecule has 25 heavy (non-hydrogen) atoms. The van der Waals surface area contributed by atoms with Gasteiger partial charge < -0.3 is 14.9 Å². The lowest BCUT2D eigenvalue weighted by Crippen LogP contribution is -2.52. The molecule has 3 aromatic rings. The molecule has 1 aromatic heterocycles. The van der Waals surface area contributed by atoms with Gasteiger partial charge in [-0.2, -0.15) is 0 Å². The number of para-hydroxylation sites is 1. The minimum atomic E-state index is -0.600. The fourth-order valence-corrected chi connectivity index (χ4v) is 3.44. The molecule has 0 fully saturated rings. The molecule has 3 atom stereocenters. The minimum Gasteiger partial charge on any atom is -0.483 e. The number of ether oxygens (including phenoxy) is 1. The summed E-state index contributed by atoms with van der Waals surface area (Å²) < 4.78 is 12.2. The molecular weight excluding hydrogens is 316 g/mol. The number of nitrogens with one attached hydrogen (secondary N) is 1. The third kappa shape index (κ3) is 2.76. The molecule has 1 aliphatic rings. The van der Waals surface area contributed by atoms with E-state index in [-0.39, 0.29) is 5.92 Å². The van der Waals surface area contributed by atoms with Crippen molar-refractivity contribution in [2.24, 2.45) is 5.73 Å². The number of hydrogen-bond acceptors (Lipinski definition) is 4. The van der Waals surface area contributed by atoms with Crippen LogP contribution in [0.5, 0.6) is 5.75 Å². The van der Waals surface area contributed by atoms with E-state index in [9.17, 15) is 4.79 Å². The lowest BCUT2D eigenvalue weighted by Gasteiger charge is -2.29. The van der Waals surface area contributed by atoms with Crippen LogP contribution >= 0.6 is 0 Å². The number of hydrogen-bond donors (Lipinski definition) is 2. The van der Waals surface area contributed by atoms with Gasteiger partial charge in [0.25, 0.3) is 0 Å². The first kappa shape index (κ1) is 15.7. The molecule has 0 radical (unpaired) electrons. The second-order valence-corrected chi connectivity index (χ2v) is 6.39. The van der Waals surface area contributed by atoms with Gasteiger partial charge in [0.2, 0.25) is 5.91 Å². The first-order valence-corrected chi connectivity index (χ1v) is 8.40. The number of furan rings is 1. The summed E-state index contributed by atoms with van der Waals surface area (Å²) in [5.74, 6) is 0.933. The zero-order valence-corrected chi connectivity index (χ0v) is 13.9. The van der Waals surface area contributed by atoms with Gasteiger partial charge in [0, 0.05) is 5.92 Å². The van der Waals surface area contributed by atoms with Crippen molar-refractivity contribution in [2.75, 3.05) is 0 Å². The highest BCUT2D eigenvalue weighted by molar-refractivity contribution is 5.86. The lowest BCUT2D eigenvalue weighted by molar-refractivity contribution is -0.122. The van der Waals surface area contributed by atoms with Gasteiger partial charge in [0.05, 0.1) is 11.9 Å². The Bertz CT molecular complexity index is 904. The first-order valence-electron chi connectivity index (χ1n) is 8.40. The van der Waals surface area contributed by atoms with Crippen molar-refractivity contribution < 1.29 is 13.9 Å². The molecule has 5 nitrogen and oxygen atoms in total. The van der Waals surface area contributed by atoms with Crippen molar-refractivity contribution in [3.05, 3.63) is 65.9 Å². The van der Waals surface area contributed by atoms with Gasteiger partial charge in [-0.15, -0.1) is 0 Å². The summed E-state index contributed by atoms with van der Waals surface area (Å²) in [6.07, 6.45) is -0.429. The number of rotatable bonds is 3. The second kappa shape index (κ2) is 6.26. The molecular formula is C20H20N2O3. The Morgan fingerprint density at radius 3 is 2.64 bits per heavy atom. The van der Waals surface area contributed by atoms with E-state index < -0.39 is 18.1 Å². The molecule has 0 bridgehead atoms. The summed E-state index contributed by atoms with van der Waals surface area (Å²) in [7, 11) is 0. The summed E-state index contributed by atoms with van der Waals surface area (Å²) in [6.45, 7) is 2.44. The summed E-state index contributed by atoms with van der Waals surface area (Å²) in [5, 5.41) is 4.12. The van der Waals surface area contributed by atoms with Gasteiger partial charge in [0.15, 0.2) is 11.5 Å². The highest BCUT2D eigenvalue weighted by atomic mass is 16.5. The average Bonchev–Trinajstić information content (AvgIpc) is 2.87. The Balaban J connectivity index is 1.77. The van der Waals surface area contributed by atoms with Crippen LogP contribution in [0.2, 0.25) is 0 Å². The van der Waals surface area contributed by atoms with Gasteiger partial charge in [-0.05, 0) is 17.7 Å². The Morgan fingerprint density at radius 1 is 1.16 bits per heavy atom. The molecule has 0 aliphatic carbocycles. The van der Waals surface area contributed by atoms with Crippen LogP contribution in [0.25, 0.3) is 11.0 Å². The van der Waals surface area contributed by atoms with E-state index in [0.29, 0.717) is 18.1 Å². The number of carbonyl (C=O) groups is 1. The van der Waals surface area contributed by atoms with Crippen molar-refractivity contribution in [1.82, 2.24) is 5.32 Å². The topological polar surface area (TPSA) is 77.5 Å². The zero-order chi connectivity index (χ0) is 17.4. The summed E-state index contributed by atoms with van der Waals surface area (Å²) in [5.41, 5.74) is 7.52. The quantitative estimate of drug-likeness (QED) is 0.771. The van der Waals surface area contributed by atoms with Crippen LogP contribution in [0, 0.1) is 0 Å². The predicted molar refractivity (Wildman–Crippen MR) is 95.3 cm³/mol. The molecule has 0 spiro atoms. The highest BCUT2D eigenvalue weighted by Crippen LogP contribution is 2.38. The van der Waals surface area contributed by atoms with Crippen molar-refractivity contribution in [1.29, 1.82) is 0 Å². The monoisotopic (exact) mass is 336 g/mol. The summed E-state index contributed by atoms with van der Waals surface area (Å²) >= 11 is 0. The average molecular weight is 336 g/mol. The number of nitrogens with two attached hydrogens (primary N) is 1. The molecule has 3 N–H and O–H groups in total. The van der Waals surface area contributed by atoms with Gasteiger partial charge in [-0.25, -0.2) is 0 Å². The maximum Gasteiger partial charge on any atom is 0.238 e. The van der Waals surface area contributed by atoms with Crippen molar-refractivity contribution in [3.8, 4) is 5.75 Å². The highest BCUT2D eigenvalue weighted by Gasteiger charge is 2.37. The zero-order valence-electron chi connectivity index (χ0n) is 13.9. The van der Waals surface area contributed by atoms with Crippen LogP contribution in [0.3, 0.4) is 0 Å². The largest absolute Gasteiger partial charge is 0.483 e. The summed E-state index contributed by atoms with van der Waals surface area (Å²) in [4.78, 5) is 12.0. The van der Waals surface area contributed by atoms with Crippen LogP contribution in [-0.4, -0.2) is 18.1 Å². The molecule has 1 amide bonds. The van der Waals surface area contributed by atoms with Crippen LogP contribution in [0.15, 0.2) is 59.0 Å². The minimum absolute atomic E-state index is 0.0224. The van der Waals surface area contributed by atoms with E-state index >= 15 is 0 Å². The predicted octanol–water partition coefficient (Wildman–Crippen LogP) is 2.94. The van der Waals surface area contributed by atoms with E-state index in [0.717, 1.165) is 16.5 Å². The number of primary amides is 1. The van der Waals surface area contributed by atoms with E-state index in [1.165, 1.54) is 0 Å². The maximum absolute atomic E-state index is 12.0. The van der Waals surface area contributed by atoms with Gasteiger partial charge >= 0.3 is 0 Å². The third-order valence-electron chi connectivity index (χ3n) is 4.81. The molecule has 2 heterocycles. The molecule has 128 valence electrons. The third-order valence-corrected chi connectivity index (χ3v) is 4.81. The number of carbonyl (C=O) groups excluding carboxylic acids is 1. The number of fused-ring (bicyclic) bond motifs is 3. The molecule has 0 saturated carbocycles. The Labute approximate surface area is 145 Å². The fourth-order valence-electron chi connectivity index (χ4n) is 3.44. The van der Waals surface area contributed by atoms with Crippen LogP contribution in [-0.2, 0) is 11.3 Å². The standard InChI is InChI=1S/C20H20N2O3/c1-12(13-7-3-2-4-8-13)18-17(20(21)23)22-11-16-19(25-18)14-9-5-6-10-15(14)24-16/h2-10,12,17-18,22H,11H2,1H3,(H2,21,23)/t12-,17?,18?/m0/s1. The number of amides is 1. The van der Waals surface area contributed by atoms with E-state index in [2.05, 4.69) is 5.32 Å². The van der Waals surface area contributed by atoms with E-state index in [1.54, 1.807) is 0 Å². The normalized spacial score (nSPS) is 21.2. The lowest BCUT2D eigenvalue weighted by atomic mass is 9.90. The van der Waals surface area contributed by atoms with Crippen LogP contribution in [0.1, 0.15) is 24.2 Å². The smallest absolute Gasteiger partial charge is 0.238 e. The van der Waals surface area contributed by atoms with Crippen LogP contribution in [0.4, 0.5) is 0 Å².